The van der Waals surface area contributed by atoms with Crippen LogP contribution in [-0.4, -0.2) is 162 Å². The van der Waals surface area contributed by atoms with E-state index in [1.54, 1.807) is 56.3 Å². The molecular formula is C54H68N12O19. The standard InChI is InChI=1S/C54H68N12O19/c1-27(2)21-34(63-52(80)39-13-8-20-65(39)53(81)33(15-18-42(56)68)59-49(77)35(22-28-9-4-3-5-10-28)60-46(74)30-11-6-7-12-31(30)55)48(76)62-37(25-43(57)69)51(79)58-32(16-19-44(70)71)47(75)61-36(50(78)64-38(54(82)83)26-45(72)73)23-29-14-17-41(67)40(24-29)66(84)85/h3-7,9-12,14,17,24,27,32-39,67H,8,13,15-16,18-23,25-26,55H2,1-2H3,(H2,56,68)(H2,57,69)(H,58,79)(H,59,77)(H,60,74)(H,61,75)(H,62,76)(H,63,80)(H,64,78)(H,70,71)(H,72,73)(H,82,83)/t32-,33-,34-,35-,36-,37-,38-,39-/m0/s1. The van der Waals surface area contributed by atoms with Gasteiger partial charge >= 0.3 is 23.6 Å². The number of nitro benzene ring substituents is 1. The zero-order valence-electron chi connectivity index (χ0n) is 46.1. The number of carbonyl (C=O) groups is 13. The number of nitrogens with zero attached hydrogens (tertiary/aromatic N) is 2. The summed E-state index contributed by atoms with van der Waals surface area (Å²) in [5, 5.41) is 66.5. The highest BCUT2D eigenvalue weighted by Crippen LogP contribution is 2.27. The number of aromatic hydroxyl groups is 1. The minimum absolute atomic E-state index is 0.0294. The Labute approximate surface area is 484 Å². The number of primary amides is 2. The number of hydrogen-bond donors (Lipinski definition) is 14. The lowest BCUT2D eigenvalue weighted by Crippen LogP contribution is -2.60. The van der Waals surface area contributed by atoms with Gasteiger partial charge in [-0.2, -0.15) is 0 Å². The molecule has 0 spiro atoms. The first-order valence-corrected chi connectivity index (χ1v) is 26.6. The molecular weight excluding hydrogens is 1120 g/mol. The first kappa shape index (κ1) is 67.3. The van der Waals surface area contributed by atoms with Crippen LogP contribution >= 0.6 is 0 Å². The number of nitrogens with one attached hydrogen (secondary N) is 7. The molecule has 3 aromatic carbocycles. The van der Waals surface area contributed by atoms with E-state index in [0.29, 0.717) is 5.56 Å². The predicted octanol–water partition coefficient (Wildman–Crippen LogP) is -2.02. The number of rotatable bonds is 33. The molecule has 4 rings (SSSR count). The van der Waals surface area contributed by atoms with Crippen LogP contribution in [0.5, 0.6) is 5.75 Å². The second-order valence-electron chi connectivity index (χ2n) is 20.3. The summed E-state index contributed by atoms with van der Waals surface area (Å²) < 4.78 is 0. The number of nitrogen functional groups attached to an aromatic ring is 1. The highest BCUT2D eigenvalue weighted by molar-refractivity contribution is 6.03. The Hall–Kier alpha value is -10.2. The van der Waals surface area contributed by atoms with Crippen molar-refractivity contribution < 1.29 is 87.7 Å². The van der Waals surface area contributed by atoms with E-state index in [-0.39, 0.29) is 61.4 Å². The molecule has 0 aromatic heterocycles. The number of nitrogens with two attached hydrogens (primary N) is 3. The lowest BCUT2D eigenvalue weighted by atomic mass is 10.0. The fraction of sp³-hybridized carbons (Fsp3) is 0.426. The first-order valence-electron chi connectivity index (χ1n) is 26.6. The van der Waals surface area contributed by atoms with Crippen molar-refractivity contribution in [3.05, 3.63) is 99.6 Å². The van der Waals surface area contributed by atoms with Gasteiger partial charge in [-0.15, -0.1) is 0 Å². The Morgan fingerprint density at radius 1 is 0.612 bits per heavy atom. The second-order valence-corrected chi connectivity index (χ2v) is 20.3. The van der Waals surface area contributed by atoms with Crippen molar-refractivity contribution in [2.45, 2.75) is 133 Å². The Morgan fingerprint density at radius 3 is 1.74 bits per heavy atom. The maximum absolute atomic E-state index is 14.5. The molecule has 31 nitrogen and oxygen atoms in total. The van der Waals surface area contributed by atoms with Gasteiger partial charge < -0.3 is 79.7 Å². The van der Waals surface area contributed by atoms with Gasteiger partial charge in [0.05, 0.1) is 23.3 Å². The van der Waals surface area contributed by atoms with E-state index < -0.39 is 180 Å². The first-order chi connectivity index (χ1) is 40.0. The van der Waals surface area contributed by atoms with Crippen LogP contribution in [0.15, 0.2) is 72.8 Å². The third-order valence-electron chi connectivity index (χ3n) is 13.2. The van der Waals surface area contributed by atoms with Crippen LogP contribution in [0.2, 0.25) is 0 Å². The number of nitro groups is 1. The van der Waals surface area contributed by atoms with E-state index in [1.807, 2.05) is 5.32 Å². The van der Waals surface area contributed by atoms with Gasteiger partial charge in [0.25, 0.3) is 5.91 Å². The second kappa shape index (κ2) is 31.8. The molecule has 0 bridgehead atoms. The summed E-state index contributed by atoms with van der Waals surface area (Å²) >= 11 is 0. The zero-order valence-corrected chi connectivity index (χ0v) is 46.1. The Morgan fingerprint density at radius 2 is 1.15 bits per heavy atom. The Kier molecular flexibility index (Phi) is 25.2. The molecule has 0 unspecified atom stereocenters. The van der Waals surface area contributed by atoms with E-state index in [1.165, 1.54) is 12.1 Å². The van der Waals surface area contributed by atoms with Crippen LogP contribution in [0.4, 0.5) is 11.4 Å². The summed E-state index contributed by atoms with van der Waals surface area (Å²) in [5.74, 6) is -16.7. The van der Waals surface area contributed by atoms with Crippen LogP contribution in [0.25, 0.3) is 0 Å². The minimum Gasteiger partial charge on any atom is -0.502 e. The maximum atomic E-state index is 14.5. The third-order valence-corrected chi connectivity index (χ3v) is 13.2. The van der Waals surface area contributed by atoms with Gasteiger partial charge in [-0.1, -0.05) is 62.4 Å². The fourth-order valence-electron chi connectivity index (χ4n) is 8.99. The van der Waals surface area contributed by atoms with Crippen molar-refractivity contribution in [3.8, 4) is 5.75 Å². The van der Waals surface area contributed by atoms with E-state index in [0.717, 1.165) is 23.1 Å². The number of carboxylic acid groups (broad SMARTS) is 3. The molecule has 1 saturated heterocycles. The number of aliphatic carboxylic acids is 3. The number of benzene rings is 3. The summed E-state index contributed by atoms with van der Waals surface area (Å²) in [5.41, 5.74) is 16.8. The van der Waals surface area contributed by atoms with Gasteiger partial charge in [0.15, 0.2) is 5.75 Å². The molecule has 1 aliphatic rings. The van der Waals surface area contributed by atoms with Crippen LogP contribution in [-0.2, 0) is 70.4 Å². The lowest BCUT2D eigenvalue weighted by molar-refractivity contribution is -0.385. The number of phenolic OH excluding ortho intramolecular Hbond substituents is 1. The SMILES string of the molecule is CC(C)C[C@H](NC(=O)[C@@H]1CCCN1C(=O)[C@H](CCC(N)=O)NC(=O)[C@H](Cc1ccccc1)NC(=O)c1ccccc1N)C(=O)N[C@@H](CC(N)=O)C(=O)N[C@@H](CCC(=O)O)C(=O)N[C@@H](Cc1ccc(O)c([N+](=O)[O-])c1)C(=O)N[C@@H](CC(=O)O)C(=O)O. The number of phenols is 1. The highest BCUT2D eigenvalue weighted by atomic mass is 16.6. The number of anilines is 1. The number of likely N-dealkylation sites (tertiary alicyclic amines) is 1. The van der Waals surface area contributed by atoms with Crippen molar-refractivity contribution in [2.75, 3.05) is 12.3 Å². The van der Waals surface area contributed by atoms with Crippen molar-refractivity contribution in [2.24, 2.45) is 17.4 Å². The number of amides is 10. The molecule has 0 radical (unpaired) electrons. The third kappa shape index (κ3) is 21.2. The van der Waals surface area contributed by atoms with Crippen LogP contribution in [0.3, 0.4) is 0 Å². The van der Waals surface area contributed by atoms with Crippen LogP contribution in [0.1, 0.15) is 93.1 Å². The molecule has 458 valence electrons. The maximum Gasteiger partial charge on any atom is 0.326 e. The lowest BCUT2D eigenvalue weighted by Gasteiger charge is -2.31. The molecule has 85 heavy (non-hydrogen) atoms. The summed E-state index contributed by atoms with van der Waals surface area (Å²) in [4.78, 5) is 184. The molecule has 0 saturated carbocycles. The minimum atomic E-state index is -2.09. The van der Waals surface area contributed by atoms with E-state index in [2.05, 4.69) is 31.9 Å². The Bertz CT molecular complexity index is 3020. The van der Waals surface area contributed by atoms with Crippen LogP contribution in [0, 0.1) is 16.0 Å². The number of carboxylic acids is 3. The summed E-state index contributed by atoms with van der Waals surface area (Å²) in [6.07, 6.45) is -5.15. The molecule has 1 fully saturated rings. The van der Waals surface area contributed by atoms with E-state index >= 15 is 0 Å². The van der Waals surface area contributed by atoms with Gasteiger partial charge in [-0.05, 0) is 67.3 Å². The average molecular weight is 1190 g/mol. The van der Waals surface area contributed by atoms with Gasteiger partial charge in [-0.25, -0.2) is 4.79 Å². The quantitative estimate of drug-likeness (QED) is 0.0178. The molecule has 0 aliphatic carbocycles. The van der Waals surface area contributed by atoms with Crippen molar-refractivity contribution in [3.63, 3.8) is 0 Å². The topological polar surface area (TPSA) is 511 Å². The molecule has 1 heterocycles. The van der Waals surface area contributed by atoms with Gasteiger partial charge in [0.2, 0.25) is 53.2 Å². The van der Waals surface area contributed by atoms with E-state index in [9.17, 15) is 92.9 Å². The van der Waals surface area contributed by atoms with Crippen LogP contribution < -0.4 is 54.4 Å². The molecule has 8 atom stereocenters. The average Bonchev–Trinajstić information content (AvgIpc) is 4.09. The number of hydrogen-bond acceptors (Lipinski definition) is 17. The van der Waals surface area contributed by atoms with Gasteiger partial charge in [0, 0.05) is 44.0 Å². The number of carbonyl (C=O) groups excluding carboxylic acids is 10. The van der Waals surface area contributed by atoms with Crippen molar-refractivity contribution in [1.29, 1.82) is 0 Å². The zero-order chi connectivity index (χ0) is 63.2. The summed E-state index contributed by atoms with van der Waals surface area (Å²) in [6.45, 7) is 3.28. The van der Waals surface area contributed by atoms with Crippen molar-refractivity contribution in [1.82, 2.24) is 42.1 Å². The molecule has 17 N–H and O–H groups in total. The molecule has 10 amide bonds. The molecule has 3 aromatic rings. The van der Waals surface area contributed by atoms with Gasteiger partial charge in [-0.3, -0.25) is 67.6 Å². The van der Waals surface area contributed by atoms with Gasteiger partial charge in [0.1, 0.15) is 48.3 Å². The summed E-state index contributed by atoms with van der Waals surface area (Å²) in [7, 11) is 0. The monoisotopic (exact) mass is 1190 g/mol. The van der Waals surface area contributed by atoms with E-state index in [4.69, 9.17) is 17.2 Å². The Balaban J connectivity index is 1.59. The largest absolute Gasteiger partial charge is 0.502 e. The molecule has 31 heteroatoms. The normalized spacial score (nSPS) is 15.2. The smallest absolute Gasteiger partial charge is 0.326 e. The predicted molar refractivity (Wildman–Crippen MR) is 295 cm³/mol. The highest BCUT2D eigenvalue weighted by Gasteiger charge is 2.41. The molecule has 1 aliphatic heterocycles. The van der Waals surface area contributed by atoms with Crippen molar-refractivity contribution >= 4 is 88.4 Å². The number of para-hydroxylation sites is 1. The fourth-order valence-corrected chi connectivity index (χ4v) is 8.99. The summed E-state index contributed by atoms with van der Waals surface area (Å²) in [6, 6.07) is 3.82.